The number of benzene rings is 2. The summed E-state index contributed by atoms with van der Waals surface area (Å²) in [6.45, 7) is 1.07. The van der Waals surface area contributed by atoms with Crippen molar-refractivity contribution in [3.8, 4) is 11.5 Å². The van der Waals surface area contributed by atoms with E-state index in [1.807, 2.05) is 0 Å². The summed E-state index contributed by atoms with van der Waals surface area (Å²) in [6, 6.07) is 12.7. The normalized spacial score (nSPS) is 15.5. The molecule has 30 heavy (non-hydrogen) atoms. The number of hydrogen-bond acceptors (Lipinski definition) is 4. The number of amides is 2. The molecule has 1 saturated heterocycles. The zero-order valence-corrected chi connectivity index (χ0v) is 17.2. The van der Waals surface area contributed by atoms with E-state index in [-0.39, 0.29) is 18.9 Å². The maximum Gasteiger partial charge on any atom is 0.260 e. The van der Waals surface area contributed by atoms with Gasteiger partial charge in [-0.3, -0.25) is 9.59 Å². The second-order valence-electron chi connectivity index (χ2n) is 7.51. The summed E-state index contributed by atoms with van der Waals surface area (Å²) in [5.74, 6) is -0.0469. The Labute approximate surface area is 179 Å². The molecule has 1 heterocycles. The first-order valence-corrected chi connectivity index (χ1v) is 10.1. The number of ether oxygens (including phenoxy) is 2. The average molecular weight is 435 g/mol. The number of halogens is 2. The summed E-state index contributed by atoms with van der Waals surface area (Å²) in [5.41, 5.74) is 5.03. The lowest BCUT2D eigenvalue weighted by Crippen LogP contribution is -2.48. The third-order valence-corrected chi connectivity index (χ3v) is 5.50. The molecule has 3 rings (SSSR count). The summed E-state index contributed by atoms with van der Waals surface area (Å²) in [5, 5.41) is 0.612. The molecule has 0 atom stereocenters. The van der Waals surface area contributed by atoms with Crippen LogP contribution in [-0.2, 0) is 9.59 Å². The number of primary amides is 1. The number of carbonyl (C=O) groups excluding carboxylic acids is 2. The summed E-state index contributed by atoms with van der Waals surface area (Å²) in [7, 11) is 0. The standard InChI is InChI=1S/C22H24ClFN2O4/c23-16-4-6-18(7-5-16)30-15-22(13-20(25)27)8-10-26(11-9-22)21(28)14-29-19-3-1-2-17(24)12-19/h1-7,12H,8-11,13-15H2,(H2,25,27). The Morgan fingerprint density at radius 3 is 2.40 bits per heavy atom. The summed E-state index contributed by atoms with van der Waals surface area (Å²) in [4.78, 5) is 25.8. The van der Waals surface area contributed by atoms with Crippen LogP contribution in [0.5, 0.6) is 11.5 Å². The number of carbonyl (C=O) groups is 2. The molecule has 0 spiro atoms. The van der Waals surface area contributed by atoms with E-state index in [1.54, 1.807) is 35.2 Å². The first-order valence-electron chi connectivity index (χ1n) is 9.68. The highest BCUT2D eigenvalue weighted by Crippen LogP contribution is 2.36. The molecule has 1 aliphatic heterocycles. The number of nitrogens with two attached hydrogens (primary N) is 1. The van der Waals surface area contributed by atoms with Gasteiger partial charge in [0, 0.05) is 36.0 Å². The molecular formula is C22H24ClFN2O4. The van der Waals surface area contributed by atoms with Crippen molar-refractivity contribution in [1.29, 1.82) is 0 Å². The van der Waals surface area contributed by atoms with Crippen molar-refractivity contribution in [1.82, 2.24) is 4.90 Å². The van der Waals surface area contributed by atoms with Gasteiger partial charge < -0.3 is 20.1 Å². The van der Waals surface area contributed by atoms with E-state index in [1.165, 1.54) is 18.2 Å². The quantitative estimate of drug-likeness (QED) is 0.690. The molecule has 0 aliphatic carbocycles. The molecule has 1 aliphatic rings. The summed E-state index contributed by atoms with van der Waals surface area (Å²) in [6.07, 6.45) is 1.34. The van der Waals surface area contributed by atoms with E-state index in [9.17, 15) is 14.0 Å². The Kier molecular flexibility index (Phi) is 7.15. The van der Waals surface area contributed by atoms with Crippen molar-refractivity contribution in [2.45, 2.75) is 19.3 Å². The first kappa shape index (κ1) is 21.9. The van der Waals surface area contributed by atoms with E-state index in [4.69, 9.17) is 26.8 Å². The van der Waals surface area contributed by atoms with Crippen LogP contribution in [0.3, 0.4) is 0 Å². The van der Waals surface area contributed by atoms with Gasteiger partial charge in [0.05, 0.1) is 6.61 Å². The van der Waals surface area contributed by atoms with Gasteiger partial charge >= 0.3 is 0 Å². The minimum Gasteiger partial charge on any atom is -0.493 e. The number of likely N-dealkylation sites (tertiary alicyclic amines) is 1. The molecule has 2 aromatic rings. The Bertz CT molecular complexity index is 883. The fraction of sp³-hybridized carbons (Fsp3) is 0.364. The molecule has 0 aromatic heterocycles. The lowest BCUT2D eigenvalue weighted by atomic mass is 9.76. The molecule has 0 bridgehead atoms. The number of hydrogen-bond donors (Lipinski definition) is 1. The third kappa shape index (κ3) is 6.10. The van der Waals surface area contributed by atoms with Crippen molar-refractivity contribution in [3.05, 3.63) is 59.4 Å². The van der Waals surface area contributed by atoms with Crippen molar-refractivity contribution < 1.29 is 23.5 Å². The van der Waals surface area contributed by atoms with Gasteiger partial charge in [-0.25, -0.2) is 4.39 Å². The van der Waals surface area contributed by atoms with Crippen LogP contribution in [0, 0.1) is 11.2 Å². The van der Waals surface area contributed by atoms with Crippen molar-refractivity contribution in [2.75, 3.05) is 26.3 Å². The molecule has 2 aromatic carbocycles. The van der Waals surface area contributed by atoms with Gasteiger partial charge in [0.1, 0.15) is 17.3 Å². The van der Waals surface area contributed by atoms with Crippen LogP contribution in [0.25, 0.3) is 0 Å². The van der Waals surface area contributed by atoms with E-state index >= 15 is 0 Å². The smallest absolute Gasteiger partial charge is 0.260 e. The highest BCUT2D eigenvalue weighted by Gasteiger charge is 2.38. The van der Waals surface area contributed by atoms with Crippen molar-refractivity contribution in [3.63, 3.8) is 0 Å². The second-order valence-corrected chi connectivity index (χ2v) is 7.95. The van der Waals surface area contributed by atoms with Crippen LogP contribution in [0.1, 0.15) is 19.3 Å². The summed E-state index contributed by atoms with van der Waals surface area (Å²) < 4.78 is 24.5. The van der Waals surface area contributed by atoms with Crippen LogP contribution in [0.15, 0.2) is 48.5 Å². The molecule has 0 radical (unpaired) electrons. The predicted octanol–water partition coefficient (Wildman–Crippen LogP) is 3.42. The zero-order valence-electron chi connectivity index (χ0n) is 16.5. The Hall–Kier alpha value is -2.80. The molecular weight excluding hydrogens is 411 g/mol. The zero-order chi connectivity index (χ0) is 21.6. The highest BCUT2D eigenvalue weighted by molar-refractivity contribution is 6.30. The lowest BCUT2D eigenvalue weighted by molar-refractivity contribution is -0.136. The lowest BCUT2D eigenvalue weighted by Gasteiger charge is -2.41. The van der Waals surface area contributed by atoms with E-state index in [2.05, 4.69) is 0 Å². The number of rotatable bonds is 8. The SMILES string of the molecule is NC(=O)CC1(COc2ccc(Cl)cc2)CCN(C(=O)COc2cccc(F)c2)CC1. The fourth-order valence-electron chi connectivity index (χ4n) is 3.53. The van der Waals surface area contributed by atoms with Gasteiger partial charge in [-0.1, -0.05) is 17.7 Å². The Morgan fingerprint density at radius 1 is 1.07 bits per heavy atom. The highest BCUT2D eigenvalue weighted by atomic mass is 35.5. The number of nitrogens with zero attached hydrogens (tertiary/aromatic N) is 1. The maximum absolute atomic E-state index is 13.2. The summed E-state index contributed by atoms with van der Waals surface area (Å²) >= 11 is 5.89. The molecule has 160 valence electrons. The fourth-order valence-corrected chi connectivity index (χ4v) is 3.66. The van der Waals surface area contributed by atoms with Crippen molar-refractivity contribution >= 4 is 23.4 Å². The Balaban J connectivity index is 1.55. The molecule has 6 nitrogen and oxygen atoms in total. The number of piperidine rings is 1. The van der Waals surface area contributed by atoms with E-state index in [0.717, 1.165) is 0 Å². The van der Waals surface area contributed by atoms with Gasteiger partial charge in [-0.2, -0.15) is 0 Å². The van der Waals surface area contributed by atoms with Crippen molar-refractivity contribution in [2.24, 2.45) is 11.1 Å². The largest absolute Gasteiger partial charge is 0.493 e. The molecule has 2 N–H and O–H groups in total. The van der Waals surface area contributed by atoms with Gasteiger partial charge in [-0.05, 0) is 49.2 Å². The minimum atomic E-state index is -0.439. The van der Waals surface area contributed by atoms with E-state index < -0.39 is 17.1 Å². The van der Waals surface area contributed by atoms with Gasteiger partial charge in [0.25, 0.3) is 5.91 Å². The Morgan fingerprint density at radius 2 is 1.77 bits per heavy atom. The van der Waals surface area contributed by atoms with Gasteiger partial charge in [0.2, 0.25) is 5.91 Å². The minimum absolute atomic E-state index is 0.173. The molecule has 0 saturated carbocycles. The predicted molar refractivity (Wildman–Crippen MR) is 111 cm³/mol. The molecule has 2 amide bonds. The molecule has 0 unspecified atom stereocenters. The van der Waals surface area contributed by atoms with Crippen LogP contribution in [-0.4, -0.2) is 43.0 Å². The van der Waals surface area contributed by atoms with Crippen LogP contribution >= 0.6 is 11.6 Å². The van der Waals surface area contributed by atoms with Gasteiger partial charge in [-0.15, -0.1) is 0 Å². The molecule has 1 fully saturated rings. The average Bonchev–Trinajstić information content (AvgIpc) is 2.72. The maximum atomic E-state index is 13.2. The van der Waals surface area contributed by atoms with E-state index in [0.29, 0.717) is 49.1 Å². The monoisotopic (exact) mass is 434 g/mol. The first-order chi connectivity index (χ1) is 14.3. The third-order valence-electron chi connectivity index (χ3n) is 5.24. The molecule has 8 heteroatoms. The van der Waals surface area contributed by atoms with Crippen LogP contribution in [0.2, 0.25) is 5.02 Å². The van der Waals surface area contributed by atoms with Crippen LogP contribution < -0.4 is 15.2 Å². The second kappa shape index (κ2) is 9.80. The van der Waals surface area contributed by atoms with Gasteiger partial charge in [0.15, 0.2) is 6.61 Å². The van der Waals surface area contributed by atoms with Crippen LogP contribution in [0.4, 0.5) is 4.39 Å². The topological polar surface area (TPSA) is 81.9 Å².